The molecule has 2 aromatic rings. The van der Waals surface area contributed by atoms with Gasteiger partial charge < -0.3 is 10.2 Å². The van der Waals surface area contributed by atoms with E-state index in [0.717, 1.165) is 18.4 Å². The van der Waals surface area contributed by atoms with E-state index in [1.807, 2.05) is 30.3 Å². The van der Waals surface area contributed by atoms with Crippen molar-refractivity contribution in [1.29, 1.82) is 0 Å². The molecular weight excluding hydrogens is 407 g/mol. The van der Waals surface area contributed by atoms with Gasteiger partial charge in [0.05, 0.1) is 6.42 Å². The van der Waals surface area contributed by atoms with Crippen LogP contribution in [-0.2, 0) is 22.4 Å². The smallest absolute Gasteiger partial charge is 0.242 e. The first-order chi connectivity index (χ1) is 13.9. The molecule has 2 aromatic carbocycles. The summed E-state index contributed by atoms with van der Waals surface area (Å²) >= 11 is 12.5. The molecule has 0 aliphatic heterocycles. The van der Waals surface area contributed by atoms with Crippen LogP contribution in [0.1, 0.15) is 37.8 Å². The van der Waals surface area contributed by atoms with Gasteiger partial charge in [-0.3, -0.25) is 9.59 Å². The summed E-state index contributed by atoms with van der Waals surface area (Å²) in [4.78, 5) is 27.4. The van der Waals surface area contributed by atoms with Gasteiger partial charge in [0.2, 0.25) is 11.8 Å². The van der Waals surface area contributed by atoms with Crippen LogP contribution in [0.25, 0.3) is 0 Å². The highest BCUT2D eigenvalue weighted by molar-refractivity contribution is 6.36. The topological polar surface area (TPSA) is 49.4 Å². The zero-order valence-electron chi connectivity index (χ0n) is 17.0. The number of carbonyl (C=O) groups is 2. The number of unbranched alkanes of at least 4 members (excludes halogenated alkanes) is 1. The maximum atomic E-state index is 13.1. The van der Waals surface area contributed by atoms with Crippen molar-refractivity contribution < 1.29 is 9.59 Å². The predicted molar refractivity (Wildman–Crippen MR) is 119 cm³/mol. The van der Waals surface area contributed by atoms with Gasteiger partial charge in [-0.05, 0) is 43.0 Å². The lowest BCUT2D eigenvalue weighted by Crippen LogP contribution is -2.49. The minimum Gasteiger partial charge on any atom is -0.354 e. The zero-order chi connectivity index (χ0) is 21.2. The molecule has 0 aromatic heterocycles. The van der Waals surface area contributed by atoms with E-state index in [-0.39, 0.29) is 18.2 Å². The normalized spacial score (nSPS) is 11.7. The van der Waals surface area contributed by atoms with Crippen molar-refractivity contribution >= 4 is 35.0 Å². The van der Waals surface area contributed by atoms with Gasteiger partial charge in [0.1, 0.15) is 6.04 Å². The lowest BCUT2D eigenvalue weighted by molar-refractivity contribution is -0.139. The van der Waals surface area contributed by atoms with Crippen LogP contribution in [0.3, 0.4) is 0 Å². The molecular formula is C23H28Cl2N2O2. The molecule has 0 saturated carbocycles. The lowest BCUT2D eigenvalue weighted by atomic mass is 10.1. The molecule has 4 nitrogen and oxygen atoms in total. The van der Waals surface area contributed by atoms with E-state index in [2.05, 4.69) is 12.2 Å². The highest BCUT2D eigenvalue weighted by atomic mass is 35.5. The molecule has 1 N–H and O–H groups in total. The number of hydrogen-bond donors (Lipinski definition) is 1. The van der Waals surface area contributed by atoms with Crippen LogP contribution in [0.15, 0.2) is 48.5 Å². The Hall–Kier alpha value is -2.04. The third kappa shape index (κ3) is 7.06. The second kappa shape index (κ2) is 11.8. The molecule has 1 atom stereocenters. The Labute approximate surface area is 183 Å². The van der Waals surface area contributed by atoms with Crippen LogP contribution >= 0.6 is 23.2 Å². The predicted octanol–water partition coefficient (Wildman–Crippen LogP) is 4.91. The number of amides is 2. The van der Waals surface area contributed by atoms with Crippen LogP contribution in [-0.4, -0.2) is 35.8 Å². The average molecular weight is 435 g/mol. The number of halogens is 2. The fourth-order valence-electron chi connectivity index (χ4n) is 3.06. The first-order valence-electron chi connectivity index (χ1n) is 9.98. The molecule has 0 spiro atoms. The minimum atomic E-state index is -0.579. The Balaban J connectivity index is 2.15. The molecule has 0 bridgehead atoms. The van der Waals surface area contributed by atoms with Gasteiger partial charge in [-0.25, -0.2) is 0 Å². The largest absolute Gasteiger partial charge is 0.354 e. The van der Waals surface area contributed by atoms with Crippen LogP contribution in [0.5, 0.6) is 0 Å². The molecule has 156 valence electrons. The van der Waals surface area contributed by atoms with E-state index in [1.165, 1.54) is 0 Å². The van der Waals surface area contributed by atoms with Gasteiger partial charge in [0.15, 0.2) is 0 Å². The second-order valence-corrected chi connectivity index (χ2v) is 7.83. The fourth-order valence-corrected chi connectivity index (χ4v) is 3.59. The molecule has 0 aliphatic carbocycles. The summed E-state index contributed by atoms with van der Waals surface area (Å²) in [6, 6.07) is 14.5. The van der Waals surface area contributed by atoms with Crippen molar-refractivity contribution in [3.8, 4) is 0 Å². The number of nitrogens with one attached hydrogen (secondary N) is 1. The quantitative estimate of drug-likeness (QED) is 0.539. The standard InChI is InChI=1S/C23H28Cl2N2O2/c1-3-4-14-26-23(29)17(2)27(15-13-18-9-6-5-7-10-18)22(28)16-19-20(24)11-8-12-21(19)25/h5-12,17H,3-4,13-16H2,1-2H3,(H,26,29)/t17-/m0/s1. The Morgan fingerprint density at radius 1 is 1.03 bits per heavy atom. The van der Waals surface area contributed by atoms with Crippen LogP contribution in [0, 0.1) is 0 Å². The van der Waals surface area contributed by atoms with Gasteiger partial charge in [0, 0.05) is 23.1 Å². The molecule has 0 aliphatic rings. The number of nitrogens with zero attached hydrogens (tertiary/aromatic N) is 1. The molecule has 6 heteroatoms. The highest BCUT2D eigenvalue weighted by Crippen LogP contribution is 2.25. The zero-order valence-corrected chi connectivity index (χ0v) is 18.5. The summed E-state index contributed by atoms with van der Waals surface area (Å²) in [6.45, 7) is 4.88. The first kappa shape index (κ1) is 23.2. The summed E-state index contributed by atoms with van der Waals surface area (Å²) in [5.41, 5.74) is 1.70. The first-order valence-corrected chi connectivity index (χ1v) is 10.7. The van der Waals surface area contributed by atoms with Crippen molar-refractivity contribution in [1.82, 2.24) is 10.2 Å². The summed E-state index contributed by atoms with van der Waals surface area (Å²) in [7, 11) is 0. The fraction of sp³-hybridized carbons (Fsp3) is 0.391. The maximum absolute atomic E-state index is 13.1. The summed E-state index contributed by atoms with van der Waals surface area (Å²) < 4.78 is 0. The van der Waals surface area contributed by atoms with Crippen LogP contribution < -0.4 is 5.32 Å². The molecule has 29 heavy (non-hydrogen) atoms. The average Bonchev–Trinajstić information content (AvgIpc) is 2.71. The second-order valence-electron chi connectivity index (χ2n) is 7.02. The van der Waals surface area contributed by atoms with E-state index >= 15 is 0 Å². The van der Waals surface area contributed by atoms with Crippen molar-refractivity contribution in [2.75, 3.05) is 13.1 Å². The van der Waals surface area contributed by atoms with Gasteiger partial charge in [0.25, 0.3) is 0 Å². The molecule has 2 amide bonds. The molecule has 2 rings (SSSR count). The monoisotopic (exact) mass is 434 g/mol. The van der Waals surface area contributed by atoms with E-state index in [9.17, 15) is 9.59 Å². The minimum absolute atomic E-state index is 0.0554. The Morgan fingerprint density at radius 3 is 2.31 bits per heavy atom. The third-order valence-corrected chi connectivity index (χ3v) is 5.58. The summed E-state index contributed by atoms with van der Waals surface area (Å²) in [5.74, 6) is -0.320. The van der Waals surface area contributed by atoms with Gasteiger partial charge in [-0.15, -0.1) is 0 Å². The van der Waals surface area contributed by atoms with Crippen LogP contribution in [0.2, 0.25) is 10.0 Å². The molecule has 0 unspecified atom stereocenters. The molecule has 0 fully saturated rings. The van der Waals surface area contributed by atoms with Gasteiger partial charge in [-0.1, -0.05) is 72.9 Å². The Morgan fingerprint density at radius 2 is 1.69 bits per heavy atom. The number of benzene rings is 2. The van der Waals surface area contributed by atoms with E-state index in [4.69, 9.17) is 23.2 Å². The SMILES string of the molecule is CCCCNC(=O)[C@H](C)N(CCc1ccccc1)C(=O)Cc1c(Cl)cccc1Cl. The Bertz CT molecular complexity index is 792. The molecule has 0 heterocycles. The number of rotatable bonds is 10. The third-order valence-electron chi connectivity index (χ3n) is 4.87. The van der Waals surface area contributed by atoms with E-state index < -0.39 is 6.04 Å². The maximum Gasteiger partial charge on any atom is 0.242 e. The highest BCUT2D eigenvalue weighted by Gasteiger charge is 2.26. The number of hydrogen-bond acceptors (Lipinski definition) is 2. The Kier molecular flexibility index (Phi) is 9.49. The van der Waals surface area contributed by atoms with Crippen molar-refractivity contribution in [3.63, 3.8) is 0 Å². The van der Waals surface area contributed by atoms with Gasteiger partial charge in [-0.2, -0.15) is 0 Å². The molecule has 0 saturated heterocycles. The lowest BCUT2D eigenvalue weighted by Gasteiger charge is -2.29. The summed E-state index contributed by atoms with van der Waals surface area (Å²) in [6.07, 6.45) is 2.62. The van der Waals surface area contributed by atoms with E-state index in [1.54, 1.807) is 30.0 Å². The summed E-state index contributed by atoms with van der Waals surface area (Å²) in [5, 5.41) is 3.82. The van der Waals surface area contributed by atoms with Crippen molar-refractivity contribution in [3.05, 3.63) is 69.7 Å². The van der Waals surface area contributed by atoms with Crippen molar-refractivity contribution in [2.45, 2.75) is 45.6 Å². The number of carbonyl (C=O) groups excluding carboxylic acids is 2. The van der Waals surface area contributed by atoms with Gasteiger partial charge >= 0.3 is 0 Å². The van der Waals surface area contributed by atoms with Crippen LogP contribution in [0.4, 0.5) is 0 Å². The van der Waals surface area contributed by atoms with Crippen molar-refractivity contribution in [2.24, 2.45) is 0 Å². The van der Waals surface area contributed by atoms with E-state index in [0.29, 0.717) is 35.1 Å². The molecule has 0 radical (unpaired) electrons.